The third-order valence-corrected chi connectivity index (χ3v) is 3.36. The molecular formula is C14H19ClO3. The second-order valence-corrected chi connectivity index (χ2v) is 5.18. The summed E-state index contributed by atoms with van der Waals surface area (Å²) in [5.41, 5.74) is 2.03. The Morgan fingerprint density at radius 1 is 1.33 bits per heavy atom. The van der Waals surface area contributed by atoms with Crippen LogP contribution in [0.5, 0.6) is 0 Å². The second kappa shape index (κ2) is 6.02. The molecule has 0 atom stereocenters. The van der Waals surface area contributed by atoms with Crippen molar-refractivity contribution in [2.75, 3.05) is 19.1 Å². The van der Waals surface area contributed by atoms with Crippen molar-refractivity contribution >= 4 is 11.6 Å². The van der Waals surface area contributed by atoms with Crippen molar-refractivity contribution in [1.82, 2.24) is 0 Å². The van der Waals surface area contributed by atoms with E-state index in [-0.39, 0.29) is 6.29 Å². The van der Waals surface area contributed by atoms with Crippen molar-refractivity contribution in [1.29, 1.82) is 0 Å². The van der Waals surface area contributed by atoms with E-state index in [1.807, 2.05) is 19.1 Å². The highest BCUT2D eigenvalue weighted by atomic mass is 35.5. The normalized spacial score (nSPS) is 28.3. The van der Waals surface area contributed by atoms with Crippen LogP contribution in [0.1, 0.15) is 18.1 Å². The Bertz CT molecular complexity index is 386. The Kier molecular flexibility index (Phi) is 4.62. The molecular weight excluding hydrogens is 252 g/mol. The molecule has 4 heteroatoms. The molecule has 0 bridgehead atoms. The molecule has 1 fully saturated rings. The molecule has 1 aromatic carbocycles. The maximum atomic E-state index is 5.94. The van der Waals surface area contributed by atoms with E-state index in [1.54, 1.807) is 0 Å². The lowest BCUT2D eigenvalue weighted by Gasteiger charge is -2.36. The van der Waals surface area contributed by atoms with Crippen molar-refractivity contribution in [3.8, 4) is 0 Å². The Morgan fingerprint density at radius 3 is 2.61 bits per heavy atom. The monoisotopic (exact) mass is 270 g/mol. The fourth-order valence-electron chi connectivity index (χ4n) is 1.82. The van der Waals surface area contributed by atoms with Gasteiger partial charge in [-0.15, -0.1) is 11.6 Å². The molecule has 1 aromatic rings. The van der Waals surface area contributed by atoms with Crippen LogP contribution in [0, 0.1) is 6.92 Å². The van der Waals surface area contributed by atoms with Gasteiger partial charge in [0.05, 0.1) is 25.7 Å². The molecule has 2 rings (SSSR count). The number of aryl methyl sites for hydroxylation is 1. The Balaban J connectivity index is 1.88. The van der Waals surface area contributed by atoms with Crippen LogP contribution in [0.2, 0.25) is 0 Å². The van der Waals surface area contributed by atoms with Crippen molar-refractivity contribution in [3.63, 3.8) is 0 Å². The molecule has 0 amide bonds. The van der Waals surface area contributed by atoms with Crippen LogP contribution >= 0.6 is 11.6 Å². The summed E-state index contributed by atoms with van der Waals surface area (Å²) in [6.07, 6.45) is -0.304. The zero-order valence-corrected chi connectivity index (χ0v) is 11.6. The molecule has 0 aromatic heterocycles. The molecule has 3 nitrogen and oxygen atoms in total. The molecule has 100 valence electrons. The summed E-state index contributed by atoms with van der Waals surface area (Å²) in [7, 11) is 0. The summed E-state index contributed by atoms with van der Waals surface area (Å²) in [5, 5.41) is 0. The van der Waals surface area contributed by atoms with Gasteiger partial charge >= 0.3 is 0 Å². The van der Waals surface area contributed by atoms with Gasteiger partial charge in [-0.25, -0.2) is 0 Å². The molecule has 1 aliphatic rings. The third-order valence-electron chi connectivity index (χ3n) is 3.11. The third kappa shape index (κ3) is 3.45. The van der Waals surface area contributed by atoms with Crippen LogP contribution in [0.4, 0.5) is 0 Å². The average Bonchev–Trinajstić information content (AvgIpc) is 2.39. The molecule has 1 saturated heterocycles. The Labute approximate surface area is 113 Å². The largest absolute Gasteiger partial charge is 0.366 e. The first-order chi connectivity index (χ1) is 8.63. The van der Waals surface area contributed by atoms with Gasteiger partial charge in [0.25, 0.3) is 0 Å². The van der Waals surface area contributed by atoms with Gasteiger partial charge in [0.1, 0.15) is 5.60 Å². The zero-order valence-electron chi connectivity index (χ0n) is 10.8. The summed E-state index contributed by atoms with van der Waals surface area (Å²) in [6.45, 7) is 5.67. The van der Waals surface area contributed by atoms with Crippen molar-refractivity contribution in [2.24, 2.45) is 0 Å². The number of ether oxygens (including phenoxy) is 3. The Morgan fingerprint density at radius 2 is 2.00 bits per heavy atom. The minimum atomic E-state index is -0.398. The van der Waals surface area contributed by atoms with Gasteiger partial charge in [0.2, 0.25) is 0 Å². The van der Waals surface area contributed by atoms with Crippen LogP contribution < -0.4 is 0 Å². The SMILES string of the molecule is Cc1ccccc1CO[C@]1(C)CO[C@H](CCl)OC1. The van der Waals surface area contributed by atoms with Crippen LogP contribution in [-0.2, 0) is 20.8 Å². The van der Waals surface area contributed by atoms with Crippen LogP contribution in [-0.4, -0.2) is 31.0 Å². The first kappa shape index (κ1) is 13.8. The second-order valence-electron chi connectivity index (χ2n) is 4.87. The lowest BCUT2D eigenvalue weighted by atomic mass is 10.1. The van der Waals surface area contributed by atoms with E-state index in [9.17, 15) is 0 Å². The highest BCUT2D eigenvalue weighted by Gasteiger charge is 2.33. The van der Waals surface area contributed by atoms with Crippen molar-refractivity contribution in [3.05, 3.63) is 35.4 Å². The van der Waals surface area contributed by atoms with E-state index < -0.39 is 5.60 Å². The summed E-state index contributed by atoms with van der Waals surface area (Å²) in [6, 6.07) is 8.20. The lowest BCUT2D eigenvalue weighted by Crippen LogP contribution is -2.47. The fourth-order valence-corrected chi connectivity index (χ4v) is 2.00. The van der Waals surface area contributed by atoms with E-state index in [2.05, 4.69) is 19.1 Å². The van der Waals surface area contributed by atoms with Crippen LogP contribution in [0.3, 0.4) is 0 Å². The van der Waals surface area contributed by atoms with Gasteiger partial charge in [0.15, 0.2) is 6.29 Å². The highest BCUT2D eigenvalue weighted by molar-refractivity contribution is 6.18. The summed E-state index contributed by atoms with van der Waals surface area (Å²) >= 11 is 5.68. The molecule has 0 spiro atoms. The molecule has 1 aliphatic heterocycles. The van der Waals surface area contributed by atoms with Crippen molar-refractivity contribution < 1.29 is 14.2 Å². The van der Waals surface area contributed by atoms with Gasteiger partial charge in [-0.3, -0.25) is 0 Å². The maximum Gasteiger partial charge on any atom is 0.171 e. The number of alkyl halides is 1. The number of hydrogen-bond acceptors (Lipinski definition) is 3. The number of benzene rings is 1. The van der Waals surface area contributed by atoms with E-state index in [1.165, 1.54) is 11.1 Å². The first-order valence-corrected chi connectivity index (χ1v) is 6.64. The average molecular weight is 271 g/mol. The van der Waals surface area contributed by atoms with E-state index in [0.717, 1.165) is 0 Å². The number of rotatable bonds is 4. The lowest BCUT2D eigenvalue weighted by molar-refractivity contribution is -0.255. The van der Waals surface area contributed by atoms with E-state index in [4.69, 9.17) is 25.8 Å². The van der Waals surface area contributed by atoms with E-state index >= 15 is 0 Å². The number of hydrogen-bond donors (Lipinski definition) is 0. The molecule has 18 heavy (non-hydrogen) atoms. The zero-order chi connectivity index (χ0) is 13.0. The fraction of sp³-hybridized carbons (Fsp3) is 0.571. The quantitative estimate of drug-likeness (QED) is 0.788. The van der Waals surface area contributed by atoms with Gasteiger partial charge in [-0.1, -0.05) is 24.3 Å². The summed E-state index contributed by atoms with van der Waals surface area (Å²) in [4.78, 5) is 0. The maximum absolute atomic E-state index is 5.94. The standard InChI is InChI=1S/C14H19ClO3/c1-11-5-3-4-6-12(11)8-18-14(2)9-16-13(7-15)17-10-14/h3-6,13H,7-10H2,1-2H3/t13-,14+. The molecule has 0 aliphatic carbocycles. The first-order valence-electron chi connectivity index (χ1n) is 6.11. The van der Waals surface area contributed by atoms with E-state index in [0.29, 0.717) is 25.7 Å². The van der Waals surface area contributed by atoms with Crippen molar-refractivity contribution in [2.45, 2.75) is 32.3 Å². The summed E-state index contributed by atoms with van der Waals surface area (Å²) < 4.78 is 16.9. The molecule has 0 unspecified atom stereocenters. The van der Waals surface area contributed by atoms with Crippen LogP contribution in [0.25, 0.3) is 0 Å². The minimum absolute atomic E-state index is 0.304. The predicted octanol–water partition coefficient (Wildman–Crippen LogP) is 2.88. The predicted molar refractivity (Wildman–Crippen MR) is 70.8 cm³/mol. The van der Waals surface area contributed by atoms with Gasteiger partial charge in [0, 0.05) is 0 Å². The molecule has 1 heterocycles. The number of halogens is 1. The summed E-state index contributed by atoms with van der Waals surface area (Å²) in [5.74, 6) is 0.355. The smallest absolute Gasteiger partial charge is 0.171 e. The molecule has 0 N–H and O–H groups in total. The molecule has 0 radical (unpaired) electrons. The van der Waals surface area contributed by atoms with Gasteiger partial charge in [-0.05, 0) is 25.0 Å². The van der Waals surface area contributed by atoms with Gasteiger partial charge in [-0.2, -0.15) is 0 Å². The topological polar surface area (TPSA) is 27.7 Å². The molecule has 0 saturated carbocycles. The van der Waals surface area contributed by atoms with Gasteiger partial charge < -0.3 is 14.2 Å². The highest BCUT2D eigenvalue weighted by Crippen LogP contribution is 2.22. The van der Waals surface area contributed by atoms with Crippen LogP contribution in [0.15, 0.2) is 24.3 Å². The minimum Gasteiger partial charge on any atom is -0.366 e. The Hall–Kier alpha value is -0.610.